The van der Waals surface area contributed by atoms with Gasteiger partial charge >= 0.3 is 0 Å². The molecule has 0 saturated carbocycles. The van der Waals surface area contributed by atoms with Crippen molar-refractivity contribution in [3.05, 3.63) is 70.8 Å². The zero-order chi connectivity index (χ0) is 19.2. The Morgan fingerprint density at radius 1 is 1.00 bits per heavy atom. The summed E-state index contributed by atoms with van der Waals surface area (Å²) in [5.74, 6) is 0.548. The second kappa shape index (κ2) is 8.96. The molecule has 1 N–H and O–H groups in total. The molecular formula is C23H28N2O2. The number of piperidine rings is 1. The maximum absolute atomic E-state index is 13.1. The lowest BCUT2D eigenvalue weighted by Gasteiger charge is -2.32. The summed E-state index contributed by atoms with van der Waals surface area (Å²) in [6.45, 7) is 4.54. The Morgan fingerprint density at radius 3 is 2.26 bits per heavy atom. The number of amides is 1. The van der Waals surface area contributed by atoms with Crippen LogP contribution in [0.15, 0.2) is 48.5 Å². The lowest BCUT2D eigenvalue weighted by molar-refractivity contribution is 0.0683. The van der Waals surface area contributed by atoms with E-state index < -0.39 is 0 Å². The largest absolute Gasteiger partial charge is 0.339 e. The van der Waals surface area contributed by atoms with Crippen molar-refractivity contribution in [2.24, 2.45) is 5.92 Å². The van der Waals surface area contributed by atoms with E-state index in [1.165, 1.54) is 0 Å². The van der Waals surface area contributed by atoms with Crippen molar-refractivity contribution < 1.29 is 9.59 Å². The fourth-order valence-corrected chi connectivity index (χ4v) is 3.67. The Labute approximate surface area is 161 Å². The van der Waals surface area contributed by atoms with E-state index in [-0.39, 0.29) is 11.7 Å². The Kier molecular flexibility index (Phi) is 6.40. The Hall–Kier alpha value is -2.46. The highest BCUT2D eigenvalue weighted by molar-refractivity contribution is 6.15. The molecule has 142 valence electrons. The fraction of sp³-hybridized carbons (Fsp3) is 0.391. The molecular weight excluding hydrogens is 336 g/mol. The molecule has 4 heteroatoms. The molecule has 0 aliphatic carbocycles. The summed E-state index contributed by atoms with van der Waals surface area (Å²) in [4.78, 5) is 28.0. The van der Waals surface area contributed by atoms with Crippen LogP contribution in [0.2, 0.25) is 0 Å². The maximum atomic E-state index is 13.1. The minimum absolute atomic E-state index is 0.0295. The number of benzene rings is 2. The molecule has 27 heavy (non-hydrogen) atoms. The lowest BCUT2D eigenvalue weighted by atomic mass is 9.92. The molecule has 0 spiro atoms. The van der Waals surface area contributed by atoms with Crippen LogP contribution in [0, 0.1) is 12.8 Å². The minimum Gasteiger partial charge on any atom is -0.339 e. The van der Waals surface area contributed by atoms with E-state index in [2.05, 4.69) is 5.32 Å². The first-order valence-corrected chi connectivity index (χ1v) is 9.74. The highest BCUT2D eigenvalue weighted by Crippen LogP contribution is 2.23. The topological polar surface area (TPSA) is 49.4 Å². The number of hydrogen-bond donors (Lipinski definition) is 1. The molecule has 1 fully saturated rings. The van der Waals surface area contributed by atoms with Crippen molar-refractivity contribution in [2.45, 2.75) is 26.2 Å². The average Bonchev–Trinajstić information content (AvgIpc) is 2.72. The highest BCUT2D eigenvalue weighted by atomic mass is 16.2. The van der Waals surface area contributed by atoms with Crippen molar-refractivity contribution in [2.75, 3.05) is 26.7 Å². The van der Waals surface area contributed by atoms with Gasteiger partial charge in [-0.05, 0) is 51.8 Å². The van der Waals surface area contributed by atoms with E-state index in [4.69, 9.17) is 0 Å². The molecule has 4 nitrogen and oxygen atoms in total. The van der Waals surface area contributed by atoms with Gasteiger partial charge in [0.15, 0.2) is 5.78 Å². The molecule has 0 bridgehead atoms. The van der Waals surface area contributed by atoms with Gasteiger partial charge in [0.2, 0.25) is 0 Å². The van der Waals surface area contributed by atoms with E-state index in [0.717, 1.165) is 44.5 Å². The van der Waals surface area contributed by atoms with Gasteiger partial charge in [-0.25, -0.2) is 0 Å². The van der Waals surface area contributed by atoms with E-state index in [9.17, 15) is 9.59 Å². The third-order valence-corrected chi connectivity index (χ3v) is 5.42. The number of likely N-dealkylation sites (tertiary alicyclic amines) is 1. The summed E-state index contributed by atoms with van der Waals surface area (Å²) in [5.41, 5.74) is 2.73. The number of hydrogen-bond acceptors (Lipinski definition) is 3. The first kappa shape index (κ1) is 19.3. The first-order chi connectivity index (χ1) is 13.1. The van der Waals surface area contributed by atoms with Crippen LogP contribution in [0.1, 0.15) is 51.1 Å². The Morgan fingerprint density at radius 2 is 1.63 bits per heavy atom. The van der Waals surface area contributed by atoms with Crippen LogP contribution < -0.4 is 5.32 Å². The molecule has 1 aliphatic heterocycles. The fourth-order valence-electron chi connectivity index (χ4n) is 3.67. The number of ketones is 1. The van der Waals surface area contributed by atoms with Gasteiger partial charge in [0, 0.05) is 24.2 Å². The molecule has 0 radical (unpaired) electrons. The quantitative estimate of drug-likeness (QED) is 0.796. The Balaban J connectivity index is 1.75. The smallest absolute Gasteiger partial charge is 0.254 e. The molecule has 0 atom stereocenters. The van der Waals surface area contributed by atoms with Gasteiger partial charge in [-0.1, -0.05) is 48.0 Å². The van der Waals surface area contributed by atoms with Crippen molar-refractivity contribution in [1.29, 1.82) is 0 Å². The molecule has 0 unspecified atom stereocenters. The van der Waals surface area contributed by atoms with E-state index in [1.54, 1.807) is 12.1 Å². The van der Waals surface area contributed by atoms with Gasteiger partial charge in [-0.15, -0.1) is 0 Å². The van der Waals surface area contributed by atoms with Crippen molar-refractivity contribution in [3.63, 3.8) is 0 Å². The number of nitrogens with zero attached hydrogens (tertiary/aromatic N) is 1. The van der Waals surface area contributed by atoms with Crippen LogP contribution in [0.4, 0.5) is 0 Å². The van der Waals surface area contributed by atoms with Gasteiger partial charge in [0.1, 0.15) is 0 Å². The van der Waals surface area contributed by atoms with Crippen LogP contribution in [0.5, 0.6) is 0 Å². The van der Waals surface area contributed by atoms with Crippen LogP contribution in [-0.4, -0.2) is 43.3 Å². The summed E-state index contributed by atoms with van der Waals surface area (Å²) < 4.78 is 0. The second-order valence-electron chi connectivity index (χ2n) is 7.37. The van der Waals surface area contributed by atoms with Crippen molar-refractivity contribution in [1.82, 2.24) is 10.2 Å². The van der Waals surface area contributed by atoms with Crippen molar-refractivity contribution >= 4 is 11.7 Å². The molecule has 1 heterocycles. The number of nitrogens with one attached hydrogen (secondary N) is 1. The third-order valence-electron chi connectivity index (χ3n) is 5.42. The van der Waals surface area contributed by atoms with E-state index in [1.807, 2.05) is 55.3 Å². The number of carbonyl (C=O) groups excluding carboxylic acids is 2. The van der Waals surface area contributed by atoms with E-state index >= 15 is 0 Å². The van der Waals surface area contributed by atoms with Crippen LogP contribution in [0.3, 0.4) is 0 Å². The summed E-state index contributed by atoms with van der Waals surface area (Å²) in [6.07, 6.45) is 3.21. The van der Waals surface area contributed by atoms with Gasteiger partial charge in [0.05, 0.1) is 5.56 Å². The monoisotopic (exact) mass is 364 g/mol. The van der Waals surface area contributed by atoms with Gasteiger partial charge < -0.3 is 10.2 Å². The zero-order valence-corrected chi connectivity index (χ0v) is 16.2. The number of carbonyl (C=O) groups is 2. The lowest BCUT2D eigenvalue weighted by Crippen LogP contribution is -2.39. The van der Waals surface area contributed by atoms with Crippen LogP contribution in [0.25, 0.3) is 0 Å². The summed E-state index contributed by atoms with van der Waals surface area (Å²) in [5, 5.41) is 3.20. The summed E-state index contributed by atoms with van der Waals surface area (Å²) in [6, 6.07) is 14.7. The standard InChI is InChI=1S/C23H28N2O2/c1-17-7-9-19(10-8-17)22(26)20-5-3-4-6-21(20)23(27)25-15-12-18(13-16-25)11-14-24-2/h3-10,18,24H,11-16H2,1-2H3. The molecule has 1 aliphatic rings. The molecule has 0 aromatic heterocycles. The molecule has 2 aromatic carbocycles. The highest BCUT2D eigenvalue weighted by Gasteiger charge is 2.26. The molecule has 1 amide bonds. The maximum Gasteiger partial charge on any atom is 0.254 e. The van der Waals surface area contributed by atoms with Crippen LogP contribution >= 0.6 is 0 Å². The average molecular weight is 364 g/mol. The SMILES string of the molecule is CNCCC1CCN(C(=O)c2ccccc2C(=O)c2ccc(C)cc2)CC1. The molecule has 3 rings (SSSR count). The van der Waals surface area contributed by atoms with Crippen LogP contribution in [-0.2, 0) is 0 Å². The molecule has 1 saturated heterocycles. The predicted octanol–water partition coefficient (Wildman–Crippen LogP) is 3.69. The Bertz CT molecular complexity index is 790. The van der Waals surface area contributed by atoms with Gasteiger partial charge in [-0.3, -0.25) is 9.59 Å². The second-order valence-corrected chi connectivity index (χ2v) is 7.37. The normalized spacial score (nSPS) is 15.0. The number of rotatable bonds is 6. The van der Waals surface area contributed by atoms with Crippen molar-refractivity contribution in [3.8, 4) is 0 Å². The zero-order valence-electron chi connectivity index (χ0n) is 16.2. The summed E-state index contributed by atoms with van der Waals surface area (Å²) in [7, 11) is 1.97. The minimum atomic E-state index is -0.0946. The third kappa shape index (κ3) is 4.64. The number of aryl methyl sites for hydroxylation is 1. The molecule has 2 aromatic rings. The van der Waals surface area contributed by atoms with E-state index in [0.29, 0.717) is 22.6 Å². The van der Waals surface area contributed by atoms with Gasteiger partial charge in [0.25, 0.3) is 5.91 Å². The summed E-state index contributed by atoms with van der Waals surface area (Å²) >= 11 is 0. The van der Waals surface area contributed by atoms with Gasteiger partial charge in [-0.2, -0.15) is 0 Å². The predicted molar refractivity (Wildman–Crippen MR) is 108 cm³/mol. The first-order valence-electron chi connectivity index (χ1n) is 9.74.